The molecule has 0 amide bonds. The molecule has 4 nitrogen and oxygen atoms in total. The third-order valence-electron chi connectivity index (χ3n) is 4.01. The fourth-order valence-electron chi connectivity index (χ4n) is 2.44. The first kappa shape index (κ1) is 20.7. The highest BCUT2D eigenvalue weighted by Gasteiger charge is 2.33. The molecule has 0 aromatic heterocycles. The van der Waals surface area contributed by atoms with Gasteiger partial charge >= 0.3 is 0 Å². The van der Waals surface area contributed by atoms with Crippen molar-refractivity contribution in [2.45, 2.75) is 60.3 Å². The molecule has 0 saturated heterocycles. The van der Waals surface area contributed by atoms with Crippen molar-refractivity contribution in [3.05, 3.63) is 57.6 Å². The van der Waals surface area contributed by atoms with Crippen LogP contribution in [0.2, 0.25) is 0 Å². The van der Waals surface area contributed by atoms with Gasteiger partial charge in [0.15, 0.2) is 5.76 Å². The van der Waals surface area contributed by atoms with E-state index < -0.39 is 17.3 Å². The van der Waals surface area contributed by atoms with Gasteiger partial charge in [0, 0.05) is 11.1 Å². The minimum absolute atomic E-state index is 0.0506. The van der Waals surface area contributed by atoms with Gasteiger partial charge in [-0.15, -0.1) is 0 Å². The Morgan fingerprint density at radius 1 is 0.760 bits per heavy atom. The maximum atomic E-state index is 12.0. The highest BCUT2D eigenvalue weighted by Crippen LogP contribution is 2.29. The highest BCUT2D eigenvalue weighted by atomic mass is 16.3. The van der Waals surface area contributed by atoms with Crippen molar-refractivity contribution in [2.24, 2.45) is 0 Å². The van der Waals surface area contributed by atoms with Crippen molar-refractivity contribution in [3.8, 4) is 0 Å². The zero-order chi connectivity index (χ0) is 19.1. The molecule has 0 saturated carbocycles. The fourth-order valence-corrected chi connectivity index (χ4v) is 2.44. The highest BCUT2D eigenvalue weighted by molar-refractivity contribution is 6.49. The molecular weight excluding hydrogens is 316 g/mol. The Bertz CT molecular complexity index is 704. The maximum Gasteiger partial charge on any atom is 0.267 e. The van der Waals surface area contributed by atoms with E-state index in [2.05, 4.69) is 6.08 Å². The lowest BCUT2D eigenvalue weighted by atomic mass is 9.89. The second-order valence-corrected chi connectivity index (χ2v) is 6.87. The van der Waals surface area contributed by atoms with Crippen LogP contribution in [0.5, 0.6) is 0 Å². The third kappa shape index (κ3) is 5.89. The van der Waals surface area contributed by atoms with Crippen LogP contribution in [0.4, 0.5) is 0 Å². The molecule has 0 aromatic carbocycles. The molecule has 0 heterocycles. The van der Waals surface area contributed by atoms with Crippen molar-refractivity contribution >= 4 is 11.6 Å². The number of rotatable bonds is 7. The van der Waals surface area contributed by atoms with Crippen LogP contribution in [0.1, 0.15) is 60.3 Å². The molecule has 1 aliphatic rings. The van der Waals surface area contributed by atoms with E-state index in [0.29, 0.717) is 0 Å². The summed E-state index contributed by atoms with van der Waals surface area (Å²) in [6.07, 6.45) is 7.97. The van der Waals surface area contributed by atoms with E-state index in [1.54, 1.807) is 6.08 Å². The van der Waals surface area contributed by atoms with Gasteiger partial charge in [0.05, 0.1) is 0 Å². The standard InChI is InChI=1S/C21H28O4/c1-13(2)7-6-8-15(5)10-12-17-18(22)16(11-9-14(3)4)19(23)21(25)20(17)24/h7,9-10,22,24H,6,8,11-12H2,1-5H3. The number of carbonyl (C=O) groups is 2. The number of carbonyl (C=O) groups excluding carboxylic acids is 2. The van der Waals surface area contributed by atoms with Gasteiger partial charge in [-0.3, -0.25) is 9.59 Å². The molecule has 4 heteroatoms. The Morgan fingerprint density at radius 2 is 1.32 bits per heavy atom. The minimum Gasteiger partial charge on any atom is -0.507 e. The number of hydrogen-bond acceptors (Lipinski definition) is 4. The first-order valence-corrected chi connectivity index (χ1v) is 8.51. The molecule has 1 aliphatic carbocycles. The molecule has 0 fully saturated rings. The lowest BCUT2D eigenvalue weighted by molar-refractivity contribution is -0.134. The van der Waals surface area contributed by atoms with E-state index in [0.717, 1.165) is 24.0 Å². The lowest BCUT2D eigenvalue weighted by Gasteiger charge is -2.17. The Balaban J connectivity index is 3.02. The van der Waals surface area contributed by atoms with Crippen LogP contribution in [-0.2, 0) is 9.59 Å². The summed E-state index contributed by atoms with van der Waals surface area (Å²) in [5, 5.41) is 20.4. The largest absolute Gasteiger partial charge is 0.507 e. The van der Waals surface area contributed by atoms with E-state index >= 15 is 0 Å². The number of allylic oxidation sites excluding steroid dienone is 9. The summed E-state index contributed by atoms with van der Waals surface area (Å²) in [6.45, 7) is 9.81. The summed E-state index contributed by atoms with van der Waals surface area (Å²) >= 11 is 0. The monoisotopic (exact) mass is 344 g/mol. The molecule has 136 valence electrons. The van der Waals surface area contributed by atoms with Crippen LogP contribution < -0.4 is 0 Å². The molecule has 0 spiro atoms. The summed E-state index contributed by atoms with van der Waals surface area (Å²) in [6, 6.07) is 0. The molecule has 0 radical (unpaired) electrons. The molecule has 1 rings (SSSR count). The molecular formula is C21H28O4. The minimum atomic E-state index is -0.944. The molecule has 0 unspecified atom stereocenters. The van der Waals surface area contributed by atoms with E-state index in [9.17, 15) is 19.8 Å². The van der Waals surface area contributed by atoms with Crippen molar-refractivity contribution in [1.82, 2.24) is 0 Å². The van der Waals surface area contributed by atoms with Crippen LogP contribution in [0.25, 0.3) is 0 Å². The van der Waals surface area contributed by atoms with E-state index in [-0.39, 0.29) is 29.7 Å². The third-order valence-corrected chi connectivity index (χ3v) is 4.01. The molecule has 0 atom stereocenters. The zero-order valence-corrected chi connectivity index (χ0v) is 15.8. The summed E-state index contributed by atoms with van der Waals surface area (Å²) in [5.41, 5.74) is 3.52. The first-order chi connectivity index (χ1) is 11.6. The van der Waals surface area contributed by atoms with Gasteiger partial charge in [0.2, 0.25) is 5.78 Å². The first-order valence-electron chi connectivity index (χ1n) is 8.51. The summed E-state index contributed by atoms with van der Waals surface area (Å²) in [5.74, 6) is -2.69. The summed E-state index contributed by atoms with van der Waals surface area (Å²) in [4.78, 5) is 24.0. The predicted molar refractivity (Wildman–Crippen MR) is 100 cm³/mol. The van der Waals surface area contributed by atoms with Gasteiger partial charge in [0.25, 0.3) is 5.78 Å². The Hall–Kier alpha value is -2.36. The number of hydrogen-bond donors (Lipinski definition) is 2. The Morgan fingerprint density at radius 3 is 1.88 bits per heavy atom. The van der Waals surface area contributed by atoms with Crippen molar-refractivity contribution in [1.29, 1.82) is 0 Å². The summed E-state index contributed by atoms with van der Waals surface area (Å²) < 4.78 is 0. The molecule has 0 aliphatic heterocycles. The van der Waals surface area contributed by atoms with Gasteiger partial charge in [-0.1, -0.05) is 34.9 Å². The van der Waals surface area contributed by atoms with Crippen molar-refractivity contribution < 1.29 is 19.8 Å². The second kappa shape index (κ2) is 9.21. The number of aliphatic hydroxyl groups is 2. The van der Waals surface area contributed by atoms with Gasteiger partial charge in [-0.2, -0.15) is 0 Å². The molecule has 0 aromatic rings. The van der Waals surface area contributed by atoms with Crippen LogP contribution in [-0.4, -0.2) is 21.8 Å². The Kier molecular flexibility index (Phi) is 7.62. The van der Waals surface area contributed by atoms with Gasteiger partial charge in [-0.25, -0.2) is 0 Å². The zero-order valence-electron chi connectivity index (χ0n) is 15.8. The quantitative estimate of drug-likeness (QED) is 0.378. The maximum absolute atomic E-state index is 12.0. The van der Waals surface area contributed by atoms with Crippen LogP contribution in [0, 0.1) is 0 Å². The average molecular weight is 344 g/mol. The predicted octanol–water partition coefficient (Wildman–Crippen LogP) is 5.20. The number of aliphatic hydroxyl groups excluding tert-OH is 2. The summed E-state index contributed by atoms with van der Waals surface area (Å²) in [7, 11) is 0. The van der Waals surface area contributed by atoms with E-state index in [1.807, 2.05) is 40.7 Å². The van der Waals surface area contributed by atoms with Crippen molar-refractivity contribution in [3.63, 3.8) is 0 Å². The van der Waals surface area contributed by atoms with E-state index in [1.165, 1.54) is 5.57 Å². The second-order valence-electron chi connectivity index (χ2n) is 6.87. The number of ketones is 2. The fraction of sp³-hybridized carbons (Fsp3) is 0.429. The molecule has 0 bridgehead atoms. The van der Waals surface area contributed by atoms with Crippen LogP contribution in [0.3, 0.4) is 0 Å². The van der Waals surface area contributed by atoms with Gasteiger partial charge in [0.1, 0.15) is 5.76 Å². The SMILES string of the molecule is CC(C)=CCCC(C)=CCC1=C(O)C(=O)C(=O)C(CC=C(C)C)=C1O. The van der Waals surface area contributed by atoms with Gasteiger partial charge in [-0.05, 0) is 60.3 Å². The van der Waals surface area contributed by atoms with Crippen LogP contribution in [0.15, 0.2) is 57.6 Å². The normalized spacial score (nSPS) is 15.6. The van der Waals surface area contributed by atoms with E-state index in [4.69, 9.17) is 0 Å². The smallest absolute Gasteiger partial charge is 0.267 e. The molecule has 2 N–H and O–H groups in total. The van der Waals surface area contributed by atoms with Crippen molar-refractivity contribution in [2.75, 3.05) is 0 Å². The van der Waals surface area contributed by atoms with Gasteiger partial charge < -0.3 is 10.2 Å². The molecule has 25 heavy (non-hydrogen) atoms. The van der Waals surface area contributed by atoms with Crippen LogP contribution >= 0.6 is 0 Å². The Labute approximate surface area is 149 Å². The average Bonchev–Trinajstić information content (AvgIpc) is 2.52. The topological polar surface area (TPSA) is 74.6 Å². The number of Topliss-reactive ketones (excluding diaryl/α,β-unsaturated/α-hetero) is 2. The lowest BCUT2D eigenvalue weighted by Crippen LogP contribution is -2.26.